The molecule has 1 amide bonds. The molecule has 0 spiro atoms. The maximum Gasteiger partial charge on any atom is 0.273 e. The van der Waals surface area contributed by atoms with Gasteiger partial charge < -0.3 is 10.4 Å². The molecule has 2 N–H and O–H groups in total. The maximum atomic E-state index is 12.2. The SMILES string of the molecule is CCC(CC)(CO)NC(=O)c1ccc(C)c([N+](=O)[O-])c1. The zero-order chi connectivity index (χ0) is 15.3. The van der Waals surface area contributed by atoms with Crippen molar-refractivity contribution in [3.8, 4) is 0 Å². The van der Waals surface area contributed by atoms with Crippen molar-refractivity contribution in [2.45, 2.75) is 39.2 Å². The normalized spacial score (nSPS) is 11.2. The Morgan fingerprint density at radius 1 is 1.40 bits per heavy atom. The third-order valence-electron chi connectivity index (χ3n) is 3.70. The molecule has 0 aliphatic rings. The van der Waals surface area contributed by atoms with E-state index in [0.29, 0.717) is 18.4 Å². The second-order valence-corrected chi connectivity index (χ2v) is 4.86. The van der Waals surface area contributed by atoms with Crippen LogP contribution in [-0.4, -0.2) is 28.1 Å². The first-order valence-electron chi connectivity index (χ1n) is 6.57. The van der Waals surface area contributed by atoms with Crippen molar-refractivity contribution in [1.82, 2.24) is 5.32 Å². The standard InChI is InChI=1S/C14H20N2O4/c1-4-14(5-2,9-17)15-13(18)11-7-6-10(3)12(8-11)16(19)20/h6-8,17H,4-5,9H2,1-3H3,(H,15,18). The number of amides is 1. The molecule has 1 rings (SSSR count). The number of carbonyl (C=O) groups is 1. The van der Waals surface area contributed by atoms with Crippen LogP contribution in [0.5, 0.6) is 0 Å². The summed E-state index contributed by atoms with van der Waals surface area (Å²) in [7, 11) is 0. The number of hydrogen-bond donors (Lipinski definition) is 2. The summed E-state index contributed by atoms with van der Waals surface area (Å²) in [5, 5.41) is 23.1. The Kier molecular flexibility index (Phi) is 5.21. The number of rotatable bonds is 6. The lowest BCUT2D eigenvalue weighted by Gasteiger charge is -2.30. The number of carbonyl (C=O) groups excluding carboxylic acids is 1. The van der Waals surface area contributed by atoms with Crippen molar-refractivity contribution in [2.24, 2.45) is 0 Å². The molecule has 110 valence electrons. The summed E-state index contributed by atoms with van der Waals surface area (Å²) in [5.41, 5.74) is -0.0373. The number of nitro benzene ring substituents is 1. The molecule has 0 atom stereocenters. The second-order valence-electron chi connectivity index (χ2n) is 4.86. The smallest absolute Gasteiger partial charge is 0.273 e. The van der Waals surface area contributed by atoms with Gasteiger partial charge in [0.05, 0.1) is 17.1 Å². The summed E-state index contributed by atoms with van der Waals surface area (Å²) in [6, 6.07) is 4.36. The topological polar surface area (TPSA) is 92.5 Å². The van der Waals surface area contributed by atoms with E-state index in [4.69, 9.17) is 0 Å². The van der Waals surface area contributed by atoms with Gasteiger partial charge in [-0.25, -0.2) is 0 Å². The highest BCUT2D eigenvalue weighted by atomic mass is 16.6. The van der Waals surface area contributed by atoms with E-state index >= 15 is 0 Å². The lowest BCUT2D eigenvalue weighted by atomic mass is 9.93. The average Bonchev–Trinajstić information content (AvgIpc) is 2.45. The van der Waals surface area contributed by atoms with E-state index in [2.05, 4.69) is 5.32 Å². The van der Waals surface area contributed by atoms with Crippen LogP contribution in [0, 0.1) is 17.0 Å². The maximum absolute atomic E-state index is 12.2. The Morgan fingerprint density at radius 2 is 2.00 bits per heavy atom. The van der Waals surface area contributed by atoms with E-state index < -0.39 is 16.4 Å². The van der Waals surface area contributed by atoms with Gasteiger partial charge in [0.25, 0.3) is 11.6 Å². The van der Waals surface area contributed by atoms with Crippen LogP contribution in [0.15, 0.2) is 18.2 Å². The van der Waals surface area contributed by atoms with Gasteiger partial charge in [0.1, 0.15) is 0 Å². The molecule has 1 aromatic carbocycles. The number of nitro groups is 1. The molecule has 0 saturated heterocycles. The van der Waals surface area contributed by atoms with Crippen LogP contribution >= 0.6 is 0 Å². The number of nitrogens with zero attached hydrogens (tertiary/aromatic N) is 1. The average molecular weight is 280 g/mol. The van der Waals surface area contributed by atoms with Gasteiger partial charge in [-0.1, -0.05) is 19.9 Å². The molecule has 6 heteroatoms. The number of aryl methyl sites for hydroxylation is 1. The van der Waals surface area contributed by atoms with Gasteiger partial charge >= 0.3 is 0 Å². The van der Waals surface area contributed by atoms with Gasteiger partial charge in [-0.15, -0.1) is 0 Å². The van der Waals surface area contributed by atoms with Crippen molar-refractivity contribution in [3.63, 3.8) is 0 Å². The highest BCUT2D eigenvalue weighted by Gasteiger charge is 2.28. The minimum Gasteiger partial charge on any atom is -0.394 e. The zero-order valence-corrected chi connectivity index (χ0v) is 12.0. The summed E-state index contributed by atoms with van der Waals surface area (Å²) in [6.45, 7) is 5.20. The molecular weight excluding hydrogens is 260 g/mol. The number of benzene rings is 1. The third kappa shape index (κ3) is 3.33. The predicted molar refractivity (Wildman–Crippen MR) is 75.7 cm³/mol. The van der Waals surface area contributed by atoms with E-state index in [1.165, 1.54) is 6.07 Å². The van der Waals surface area contributed by atoms with Gasteiger partial charge in [-0.3, -0.25) is 14.9 Å². The molecule has 1 aromatic rings. The molecule has 0 saturated carbocycles. The molecule has 0 aromatic heterocycles. The van der Waals surface area contributed by atoms with Gasteiger partial charge in [-0.05, 0) is 25.8 Å². The fraction of sp³-hybridized carbons (Fsp3) is 0.500. The van der Waals surface area contributed by atoms with Gasteiger partial charge in [-0.2, -0.15) is 0 Å². The van der Waals surface area contributed by atoms with Crippen LogP contribution in [0.4, 0.5) is 5.69 Å². The molecule has 6 nitrogen and oxygen atoms in total. The van der Waals surface area contributed by atoms with Gasteiger partial charge in [0, 0.05) is 17.2 Å². The van der Waals surface area contributed by atoms with Gasteiger partial charge in [0.15, 0.2) is 0 Å². The van der Waals surface area contributed by atoms with Crippen molar-refractivity contribution in [2.75, 3.05) is 6.61 Å². The van der Waals surface area contributed by atoms with Crippen LogP contribution in [0.25, 0.3) is 0 Å². The summed E-state index contributed by atoms with van der Waals surface area (Å²) in [6.07, 6.45) is 1.17. The van der Waals surface area contributed by atoms with Crippen molar-refractivity contribution in [3.05, 3.63) is 39.4 Å². The molecular formula is C14H20N2O4. The molecule has 0 bridgehead atoms. The molecule has 0 heterocycles. The largest absolute Gasteiger partial charge is 0.394 e. The van der Waals surface area contributed by atoms with Crippen molar-refractivity contribution in [1.29, 1.82) is 0 Å². The molecule has 20 heavy (non-hydrogen) atoms. The van der Waals surface area contributed by atoms with E-state index in [9.17, 15) is 20.0 Å². The molecule has 0 unspecified atom stereocenters. The van der Waals surface area contributed by atoms with Crippen molar-refractivity contribution >= 4 is 11.6 Å². The first-order chi connectivity index (χ1) is 9.39. The van der Waals surface area contributed by atoms with E-state index in [-0.39, 0.29) is 17.9 Å². The van der Waals surface area contributed by atoms with Crippen LogP contribution < -0.4 is 5.32 Å². The van der Waals surface area contributed by atoms with Crippen LogP contribution in [0.1, 0.15) is 42.6 Å². The lowest BCUT2D eigenvalue weighted by molar-refractivity contribution is -0.385. The second kappa shape index (κ2) is 6.47. The predicted octanol–water partition coefficient (Wildman–Crippen LogP) is 2.18. The summed E-state index contributed by atoms with van der Waals surface area (Å²) >= 11 is 0. The summed E-state index contributed by atoms with van der Waals surface area (Å²) in [4.78, 5) is 22.6. The number of nitrogens with one attached hydrogen (secondary N) is 1. The van der Waals surface area contributed by atoms with Crippen LogP contribution in [0.2, 0.25) is 0 Å². The molecule has 0 radical (unpaired) electrons. The Balaban J connectivity index is 3.04. The number of aliphatic hydroxyl groups is 1. The third-order valence-corrected chi connectivity index (χ3v) is 3.70. The van der Waals surface area contributed by atoms with E-state index in [0.717, 1.165) is 0 Å². The zero-order valence-electron chi connectivity index (χ0n) is 12.0. The number of hydrogen-bond acceptors (Lipinski definition) is 4. The highest BCUT2D eigenvalue weighted by molar-refractivity contribution is 5.95. The Bertz CT molecular complexity index is 502. The highest BCUT2D eigenvalue weighted by Crippen LogP contribution is 2.21. The van der Waals surface area contributed by atoms with Crippen LogP contribution in [0.3, 0.4) is 0 Å². The Labute approximate surface area is 118 Å². The van der Waals surface area contributed by atoms with E-state index in [1.807, 2.05) is 13.8 Å². The first kappa shape index (κ1) is 16.1. The number of aliphatic hydroxyl groups excluding tert-OH is 1. The minimum absolute atomic E-state index is 0.0831. The van der Waals surface area contributed by atoms with Crippen LogP contribution in [-0.2, 0) is 0 Å². The van der Waals surface area contributed by atoms with Crippen molar-refractivity contribution < 1.29 is 14.8 Å². The summed E-state index contributed by atoms with van der Waals surface area (Å²) in [5.74, 6) is -0.411. The monoisotopic (exact) mass is 280 g/mol. The summed E-state index contributed by atoms with van der Waals surface area (Å²) < 4.78 is 0. The lowest BCUT2D eigenvalue weighted by Crippen LogP contribution is -2.50. The molecule has 0 fully saturated rings. The van der Waals surface area contributed by atoms with Gasteiger partial charge in [0.2, 0.25) is 0 Å². The molecule has 0 aliphatic carbocycles. The quantitative estimate of drug-likeness (QED) is 0.617. The Hall–Kier alpha value is -1.95. The molecule has 0 aliphatic heterocycles. The minimum atomic E-state index is -0.684. The fourth-order valence-corrected chi connectivity index (χ4v) is 1.95. The van der Waals surface area contributed by atoms with E-state index in [1.54, 1.807) is 19.1 Å². The Morgan fingerprint density at radius 3 is 2.45 bits per heavy atom. The first-order valence-corrected chi connectivity index (χ1v) is 6.57. The fourth-order valence-electron chi connectivity index (χ4n) is 1.95.